The molecule has 63 heavy (non-hydrogen) atoms. The highest BCUT2D eigenvalue weighted by molar-refractivity contribution is 6.06. The summed E-state index contributed by atoms with van der Waals surface area (Å²) in [7, 11) is 0. The monoisotopic (exact) mass is 804 g/mol. The minimum absolute atomic E-state index is 0.572. The number of hydrogen-bond donors (Lipinski definition) is 0. The number of hydrogen-bond acceptors (Lipinski definition) is 5. The maximum Gasteiger partial charge on any atom is 0.174 e. The number of nitrogens with zero attached hydrogens (tertiary/aromatic N) is 4. The van der Waals surface area contributed by atoms with E-state index in [1.165, 1.54) is 32.7 Å². The highest BCUT2D eigenvalue weighted by atomic mass is 16.5. The highest BCUT2D eigenvalue weighted by Crippen LogP contribution is 2.41. The number of para-hydroxylation sites is 1. The van der Waals surface area contributed by atoms with E-state index in [2.05, 4.69) is 199 Å². The summed E-state index contributed by atoms with van der Waals surface area (Å²) in [5, 5.41) is 12.1. The molecule has 0 amide bonds. The maximum atomic E-state index is 5.73. The number of rotatable bonds is 7. The molecule has 294 valence electrons. The van der Waals surface area contributed by atoms with E-state index in [0.717, 1.165) is 71.8 Å². The first kappa shape index (κ1) is 36.3. The summed E-state index contributed by atoms with van der Waals surface area (Å²) >= 11 is 0. The Morgan fingerprint density at radius 2 is 0.810 bits per heavy atom. The van der Waals surface area contributed by atoms with Crippen molar-refractivity contribution in [2.75, 3.05) is 0 Å². The van der Waals surface area contributed by atoms with E-state index in [4.69, 9.17) is 19.5 Å². The van der Waals surface area contributed by atoms with Gasteiger partial charge < -0.3 is 4.52 Å². The fourth-order valence-corrected chi connectivity index (χ4v) is 9.06. The van der Waals surface area contributed by atoms with Gasteiger partial charge in [0.25, 0.3) is 0 Å². The molecule has 0 spiro atoms. The molecule has 0 saturated heterocycles. The van der Waals surface area contributed by atoms with Crippen LogP contribution >= 0.6 is 0 Å². The second-order valence-electron chi connectivity index (χ2n) is 15.9. The van der Waals surface area contributed by atoms with Crippen LogP contribution in [0.25, 0.3) is 122 Å². The van der Waals surface area contributed by atoms with Crippen LogP contribution < -0.4 is 0 Å². The average Bonchev–Trinajstić information content (AvgIpc) is 3.85. The van der Waals surface area contributed by atoms with Crippen molar-refractivity contribution in [3.8, 4) is 78.7 Å². The van der Waals surface area contributed by atoms with Gasteiger partial charge in [-0.15, -0.1) is 0 Å². The van der Waals surface area contributed by atoms with Gasteiger partial charge in [0.1, 0.15) is 0 Å². The van der Waals surface area contributed by atoms with E-state index in [0.29, 0.717) is 17.5 Å². The van der Waals surface area contributed by atoms with Gasteiger partial charge in [-0.1, -0.05) is 187 Å². The Hall–Kier alpha value is -8.54. The predicted octanol–water partition coefficient (Wildman–Crippen LogP) is 15.1. The molecule has 0 atom stereocenters. The zero-order chi connectivity index (χ0) is 41.7. The maximum absolute atomic E-state index is 5.73. The lowest BCUT2D eigenvalue weighted by atomic mass is 9.91. The highest BCUT2D eigenvalue weighted by Gasteiger charge is 2.20. The predicted molar refractivity (Wildman–Crippen MR) is 258 cm³/mol. The van der Waals surface area contributed by atoms with Gasteiger partial charge in [-0.25, -0.2) is 15.0 Å². The van der Waals surface area contributed by atoms with Crippen LogP contribution in [0.5, 0.6) is 0 Å². The molecule has 12 rings (SSSR count). The molecule has 0 radical (unpaired) electrons. The lowest BCUT2D eigenvalue weighted by Gasteiger charge is -2.16. The summed E-state index contributed by atoms with van der Waals surface area (Å²) in [6, 6.07) is 74.7. The Labute approximate surface area is 363 Å². The van der Waals surface area contributed by atoms with Crippen LogP contribution in [0.3, 0.4) is 0 Å². The molecule has 2 aromatic heterocycles. The molecule has 5 nitrogen and oxygen atoms in total. The zero-order valence-corrected chi connectivity index (χ0v) is 34.0. The van der Waals surface area contributed by atoms with Crippen molar-refractivity contribution in [2.24, 2.45) is 0 Å². The molecule has 12 aromatic rings. The lowest BCUT2D eigenvalue weighted by Crippen LogP contribution is -2.02. The number of benzene rings is 10. The van der Waals surface area contributed by atoms with Gasteiger partial charge >= 0.3 is 0 Å². The van der Waals surface area contributed by atoms with Crippen LogP contribution in [-0.2, 0) is 0 Å². The Kier molecular flexibility index (Phi) is 8.75. The second-order valence-corrected chi connectivity index (χ2v) is 15.9. The van der Waals surface area contributed by atoms with Crippen molar-refractivity contribution in [2.45, 2.75) is 0 Å². The molecule has 0 fully saturated rings. The second kappa shape index (κ2) is 15.2. The summed E-state index contributed by atoms with van der Waals surface area (Å²) in [5.41, 5.74) is 12.1. The first-order valence-electron chi connectivity index (χ1n) is 21.1. The van der Waals surface area contributed by atoms with Gasteiger partial charge in [-0.05, 0) is 96.0 Å². The van der Waals surface area contributed by atoms with Crippen LogP contribution in [0, 0.1) is 0 Å². The Morgan fingerprint density at radius 3 is 1.56 bits per heavy atom. The van der Waals surface area contributed by atoms with Gasteiger partial charge in [0, 0.05) is 33.2 Å². The normalized spacial score (nSPS) is 11.5. The number of fused-ring (bicyclic) bond motifs is 4. The third-order valence-corrected chi connectivity index (χ3v) is 12.1. The van der Waals surface area contributed by atoms with Crippen molar-refractivity contribution >= 4 is 43.3 Å². The SMILES string of the molecule is c1ccc(-c2ccc(-c3cccc(-c4nc(-c5cccc(-c6cccc7cnoc67)c5)nc(-c5ccc6ccccc6c5-c5ccc6ccccc6c5)n4)c3)c3ccccc23)cc1. The summed E-state index contributed by atoms with van der Waals surface area (Å²) in [6.07, 6.45) is 1.75. The van der Waals surface area contributed by atoms with Crippen LogP contribution in [0.4, 0.5) is 0 Å². The van der Waals surface area contributed by atoms with Crippen LogP contribution in [0.1, 0.15) is 0 Å². The smallest absolute Gasteiger partial charge is 0.174 e. The summed E-state index contributed by atoms with van der Waals surface area (Å²) < 4.78 is 5.73. The van der Waals surface area contributed by atoms with Crippen molar-refractivity contribution < 1.29 is 4.52 Å². The van der Waals surface area contributed by atoms with E-state index < -0.39 is 0 Å². The molecule has 0 N–H and O–H groups in total. The van der Waals surface area contributed by atoms with E-state index in [1.807, 2.05) is 18.2 Å². The molecule has 0 aliphatic heterocycles. The largest absolute Gasteiger partial charge is 0.356 e. The molecule has 5 heteroatoms. The first-order chi connectivity index (χ1) is 31.2. The van der Waals surface area contributed by atoms with E-state index in [9.17, 15) is 0 Å². The van der Waals surface area contributed by atoms with Gasteiger partial charge in [0.05, 0.1) is 6.20 Å². The molecule has 2 heterocycles. The molecule has 10 aromatic carbocycles. The quantitative estimate of drug-likeness (QED) is 0.161. The van der Waals surface area contributed by atoms with E-state index >= 15 is 0 Å². The average molecular weight is 805 g/mol. The topological polar surface area (TPSA) is 64.7 Å². The zero-order valence-electron chi connectivity index (χ0n) is 34.0. The van der Waals surface area contributed by atoms with Gasteiger partial charge in [0.15, 0.2) is 23.1 Å². The lowest BCUT2D eigenvalue weighted by molar-refractivity contribution is 0.457. The molecule has 0 saturated carbocycles. The third kappa shape index (κ3) is 6.51. The van der Waals surface area contributed by atoms with Crippen molar-refractivity contribution in [1.82, 2.24) is 20.1 Å². The molecule has 0 aliphatic rings. The van der Waals surface area contributed by atoms with E-state index in [1.54, 1.807) is 6.20 Å². The molecular formula is C58H36N4O. The Bertz CT molecular complexity index is 3700. The van der Waals surface area contributed by atoms with Gasteiger partial charge in [-0.3, -0.25) is 0 Å². The fraction of sp³-hybridized carbons (Fsp3) is 0. The van der Waals surface area contributed by atoms with Crippen molar-refractivity contribution in [3.05, 3.63) is 219 Å². The van der Waals surface area contributed by atoms with Crippen LogP contribution in [-0.4, -0.2) is 20.1 Å². The summed E-state index contributed by atoms with van der Waals surface area (Å²) in [5.74, 6) is 1.75. The molecule has 0 aliphatic carbocycles. The molecule has 0 unspecified atom stereocenters. The van der Waals surface area contributed by atoms with Crippen LogP contribution in [0.2, 0.25) is 0 Å². The van der Waals surface area contributed by atoms with Gasteiger partial charge in [-0.2, -0.15) is 0 Å². The minimum atomic E-state index is 0.572. The van der Waals surface area contributed by atoms with Crippen molar-refractivity contribution in [1.29, 1.82) is 0 Å². The molecular weight excluding hydrogens is 769 g/mol. The number of aromatic nitrogens is 4. The standard InChI is InChI=1S/C58H36N4O/c1-2-14-38(15-3-1)47-31-32-48(52-25-9-8-24-51(47)52)41-18-10-20-44(34-41)56-60-57(45-21-11-19-42(35-45)50-26-12-22-46-36-59-63-55(46)50)62-58(61-56)53-30-29-39-16-6-7-23-49(39)54(53)43-28-27-37-13-4-5-17-40(37)33-43/h1-36H. The first-order valence-corrected chi connectivity index (χ1v) is 21.1. The third-order valence-electron chi connectivity index (χ3n) is 12.1. The van der Waals surface area contributed by atoms with E-state index in [-0.39, 0.29) is 0 Å². The fourth-order valence-electron chi connectivity index (χ4n) is 9.06. The van der Waals surface area contributed by atoms with Crippen molar-refractivity contribution in [3.63, 3.8) is 0 Å². The summed E-state index contributed by atoms with van der Waals surface area (Å²) in [4.78, 5) is 16.0. The Balaban J connectivity index is 1.07. The minimum Gasteiger partial charge on any atom is -0.356 e. The van der Waals surface area contributed by atoms with Crippen LogP contribution in [0.15, 0.2) is 223 Å². The summed E-state index contributed by atoms with van der Waals surface area (Å²) in [6.45, 7) is 0. The Morgan fingerprint density at radius 1 is 0.286 bits per heavy atom. The van der Waals surface area contributed by atoms with Gasteiger partial charge in [0.2, 0.25) is 0 Å². The molecule has 0 bridgehead atoms.